The number of nitrogens with one attached hydrogen (secondary N) is 1. The van der Waals surface area contributed by atoms with Gasteiger partial charge in [0.2, 0.25) is 5.16 Å². The number of terminal acetylenes is 1. The molecule has 2 aliphatic rings. The maximum Gasteiger partial charge on any atom is 0.355 e. The number of nitrogen functional groups attached to an aromatic ring is 1. The standard InChI is InChI=1S/C21H20N10O8S3/c1-3-4-39-27-12(11-8-41-20(22)23-11)15(32)24-13-16(33)31-14(19(36)37)9(6-40-17(13)31)7-42-21-25-28-29-30(21)5-10(18(34)35)26-38-2/h1,8,13,17H,4-7H2,2H3,(H2,22,23)(H,24,32)(H,34,35)(H,36,37)/t13?,17-/m0/s1. The quantitative estimate of drug-likeness (QED) is 0.0497. The predicted octanol–water partition coefficient (Wildman–Crippen LogP) is -1.32. The van der Waals surface area contributed by atoms with E-state index in [1.807, 2.05) is 0 Å². The number of carboxylic acid groups (broad SMARTS) is 2. The number of carbonyl (C=O) groups is 4. The third-order valence-corrected chi connectivity index (χ3v) is 8.50. The predicted molar refractivity (Wildman–Crippen MR) is 148 cm³/mol. The van der Waals surface area contributed by atoms with Crippen molar-refractivity contribution >= 4 is 75.2 Å². The summed E-state index contributed by atoms with van der Waals surface area (Å²) in [6.45, 7) is -0.523. The minimum Gasteiger partial charge on any atom is -0.477 e. The maximum absolute atomic E-state index is 13.1. The second kappa shape index (κ2) is 13.3. The number of thiazole rings is 1. The third kappa shape index (κ3) is 6.45. The molecule has 2 aromatic rings. The molecule has 0 aromatic carbocycles. The van der Waals surface area contributed by atoms with Gasteiger partial charge in [-0.2, -0.15) is 0 Å². The Morgan fingerprint density at radius 2 is 2.14 bits per heavy atom. The van der Waals surface area contributed by atoms with E-state index in [1.165, 1.54) is 28.9 Å². The fraction of sp³-hybridized carbons (Fsp3) is 0.333. The molecule has 4 rings (SSSR count). The monoisotopic (exact) mass is 636 g/mol. The summed E-state index contributed by atoms with van der Waals surface area (Å²) in [7, 11) is 1.19. The first-order valence-corrected chi connectivity index (χ1v) is 14.4. The molecule has 42 heavy (non-hydrogen) atoms. The van der Waals surface area contributed by atoms with Crippen molar-refractivity contribution in [2.24, 2.45) is 10.3 Å². The molecule has 0 radical (unpaired) electrons. The van der Waals surface area contributed by atoms with E-state index in [2.05, 4.69) is 46.9 Å². The Morgan fingerprint density at radius 3 is 2.79 bits per heavy atom. The molecule has 0 saturated carbocycles. The van der Waals surface area contributed by atoms with Crippen molar-refractivity contribution in [1.82, 2.24) is 35.4 Å². The Labute approximate surface area is 248 Å². The molecule has 1 saturated heterocycles. The average molecular weight is 637 g/mol. The highest BCUT2D eigenvalue weighted by atomic mass is 32.2. The number of aromatic nitrogens is 5. The van der Waals surface area contributed by atoms with Crippen LogP contribution in [0.15, 0.2) is 32.1 Å². The van der Waals surface area contributed by atoms with Crippen LogP contribution < -0.4 is 11.1 Å². The summed E-state index contributed by atoms with van der Waals surface area (Å²) in [4.78, 5) is 64.3. The number of anilines is 1. The van der Waals surface area contributed by atoms with E-state index in [0.29, 0.717) is 5.57 Å². The Hall–Kier alpha value is -4.68. The summed E-state index contributed by atoms with van der Waals surface area (Å²) in [5, 5.41) is 41.2. The lowest BCUT2D eigenvalue weighted by Crippen LogP contribution is -2.71. The zero-order valence-corrected chi connectivity index (χ0v) is 23.8. The molecular weight excluding hydrogens is 616 g/mol. The largest absolute Gasteiger partial charge is 0.477 e. The SMILES string of the molecule is C#CCON=C(C(=O)NC1C(=O)N2C(C(=O)O)=C(CSc3nnnn3CC(=NOC)C(=O)O)CS[C@@H]12)c1csc(N)n1. The van der Waals surface area contributed by atoms with Crippen LogP contribution in [-0.4, -0.2) is 112 Å². The zero-order valence-electron chi connectivity index (χ0n) is 21.4. The number of fused-ring (bicyclic) bond motifs is 1. The van der Waals surface area contributed by atoms with Crippen molar-refractivity contribution in [3.8, 4) is 12.3 Å². The minimum absolute atomic E-state index is 0.0704. The first-order chi connectivity index (χ1) is 20.2. The van der Waals surface area contributed by atoms with Gasteiger partial charge in [0.1, 0.15) is 29.9 Å². The number of nitrogens with zero attached hydrogens (tertiary/aromatic N) is 8. The summed E-state index contributed by atoms with van der Waals surface area (Å²) in [6, 6.07) is -1.05. The van der Waals surface area contributed by atoms with E-state index in [4.69, 9.17) is 17.0 Å². The number of carbonyl (C=O) groups excluding carboxylic acids is 2. The van der Waals surface area contributed by atoms with Crippen molar-refractivity contribution < 1.29 is 39.1 Å². The van der Waals surface area contributed by atoms with Crippen molar-refractivity contribution in [1.29, 1.82) is 0 Å². The fourth-order valence-corrected chi connectivity index (χ4v) is 6.59. The van der Waals surface area contributed by atoms with Crippen molar-refractivity contribution in [3.63, 3.8) is 0 Å². The number of hydrogen-bond acceptors (Lipinski definition) is 16. The van der Waals surface area contributed by atoms with Gasteiger partial charge in [-0.3, -0.25) is 14.5 Å². The van der Waals surface area contributed by atoms with Gasteiger partial charge in [-0.1, -0.05) is 28.0 Å². The minimum atomic E-state index is -1.34. The number of carboxylic acids is 2. The van der Waals surface area contributed by atoms with Crippen LogP contribution in [0.1, 0.15) is 5.69 Å². The Balaban J connectivity index is 1.48. The number of aliphatic carboxylic acids is 2. The molecule has 0 bridgehead atoms. The van der Waals surface area contributed by atoms with E-state index >= 15 is 0 Å². The van der Waals surface area contributed by atoms with Crippen molar-refractivity contribution in [2.45, 2.75) is 23.1 Å². The number of rotatable bonds is 13. The first-order valence-electron chi connectivity index (χ1n) is 11.4. The number of thioether (sulfide) groups is 2. The van der Waals surface area contributed by atoms with Crippen LogP contribution >= 0.6 is 34.9 Å². The summed E-state index contributed by atoms with van der Waals surface area (Å²) in [5.41, 5.74) is 5.33. The molecule has 21 heteroatoms. The molecule has 2 atom stereocenters. The van der Waals surface area contributed by atoms with E-state index in [0.717, 1.165) is 28.0 Å². The molecule has 4 heterocycles. The molecule has 2 amide bonds. The van der Waals surface area contributed by atoms with Crippen molar-refractivity contribution in [2.75, 3.05) is 31.0 Å². The topological polar surface area (TPSA) is 250 Å². The smallest absolute Gasteiger partial charge is 0.355 e. The Morgan fingerprint density at radius 1 is 1.36 bits per heavy atom. The normalized spacial score (nSPS) is 18.6. The second-order valence-electron chi connectivity index (χ2n) is 8.04. The number of oxime groups is 2. The van der Waals surface area contributed by atoms with Gasteiger partial charge in [-0.25, -0.2) is 19.3 Å². The van der Waals surface area contributed by atoms with Gasteiger partial charge >= 0.3 is 11.9 Å². The average Bonchev–Trinajstić information content (AvgIpc) is 3.60. The van der Waals surface area contributed by atoms with Gasteiger partial charge in [0.25, 0.3) is 11.8 Å². The van der Waals surface area contributed by atoms with Crippen LogP contribution in [0, 0.1) is 12.3 Å². The van der Waals surface area contributed by atoms with Crippen LogP contribution in [0.25, 0.3) is 0 Å². The van der Waals surface area contributed by atoms with Gasteiger partial charge in [0.15, 0.2) is 23.2 Å². The molecule has 220 valence electrons. The van der Waals surface area contributed by atoms with Gasteiger partial charge < -0.3 is 30.9 Å². The lowest BCUT2D eigenvalue weighted by Gasteiger charge is -2.49. The number of β-lactam (4-membered cyclic amide) rings is 1. The fourth-order valence-electron chi connectivity index (χ4n) is 3.68. The van der Waals surface area contributed by atoms with Crippen LogP contribution in [-0.2, 0) is 35.4 Å². The molecule has 18 nitrogen and oxygen atoms in total. The zero-order chi connectivity index (χ0) is 30.4. The molecule has 0 spiro atoms. The maximum atomic E-state index is 13.1. The third-order valence-electron chi connectivity index (χ3n) is 5.44. The molecule has 0 aliphatic carbocycles. The van der Waals surface area contributed by atoms with Crippen LogP contribution in [0.4, 0.5) is 5.13 Å². The summed E-state index contributed by atoms with van der Waals surface area (Å²) in [5.74, 6) is -1.62. The molecule has 1 unspecified atom stereocenters. The summed E-state index contributed by atoms with van der Waals surface area (Å²) in [6.07, 6.45) is 5.16. The molecule has 1 fully saturated rings. The molecule has 2 aromatic heterocycles. The highest BCUT2D eigenvalue weighted by molar-refractivity contribution is 8.01. The number of amides is 2. The Kier molecular flexibility index (Phi) is 9.60. The van der Waals surface area contributed by atoms with Gasteiger partial charge in [0.05, 0.1) is 6.54 Å². The van der Waals surface area contributed by atoms with Crippen LogP contribution in [0.3, 0.4) is 0 Å². The summed E-state index contributed by atoms with van der Waals surface area (Å²) < 4.78 is 1.17. The lowest BCUT2D eigenvalue weighted by atomic mass is 10.0. The van der Waals surface area contributed by atoms with Crippen LogP contribution in [0.5, 0.6) is 0 Å². The van der Waals surface area contributed by atoms with E-state index in [-0.39, 0.29) is 57.8 Å². The number of tetrazole rings is 1. The van der Waals surface area contributed by atoms with E-state index < -0.39 is 35.2 Å². The van der Waals surface area contributed by atoms with Crippen LogP contribution in [0.2, 0.25) is 0 Å². The van der Waals surface area contributed by atoms with Gasteiger partial charge in [-0.15, -0.1) is 34.6 Å². The van der Waals surface area contributed by atoms with E-state index in [9.17, 15) is 29.4 Å². The Bertz CT molecular complexity index is 1540. The van der Waals surface area contributed by atoms with Gasteiger partial charge in [-0.05, 0) is 16.0 Å². The van der Waals surface area contributed by atoms with Crippen molar-refractivity contribution in [3.05, 3.63) is 22.3 Å². The van der Waals surface area contributed by atoms with Gasteiger partial charge in [0, 0.05) is 16.9 Å². The molecular formula is C21H20N10O8S3. The summed E-state index contributed by atoms with van der Waals surface area (Å²) >= 11 is 3.35. The number of nitrogens with two attached hydrogens (primary N) is 1. The first kappa shape index (κ1) is 30.3. The number of hydrogen-bond donors (Lipinski definition) is 4. The molecule has 5 N–H and O–H groups in total. The molecule has 2 aliphatic heterocycles. The highest BCUT2D eigenvalue weighted by Gasteiger charge is 2.54. The van der Waals surface area contributed by atoms with E-state index in [1.54, 1.807) is 0 Å². The highest BCUT2D eigenvalue weighted by Crippen LogP contribution is 2.41. The second-order valence-corrected chi connectivity index (χ2v) is 11.0. The lowest BCUT2D eigenvalue weighted by molar-refractivity contribution is -0.150.